The van der Waals surface area contributed by atoms with Crippen LogP contribution < -0.4 is 0 Å². The standard InChI is InChI=1S/C31H29NO/c1-21-13-15-27-26-16-14-24(22-9-5-3-6-10-22)20-29(26)33-31(27)30(21)28-19-25(17-18-32(28)2)23-11-7-4-8-12-23/h3,5-6,9-10,13-20,23H,2,4,7-8,11-12H2,1H3. The summed E-state index contributed by atoms with van der Waals surface area (Å²) in [6, 6.07) is 22.6. The number of hydrogen-bond donors (Lipinski definition) is 0. The Hall–Kier alpha value is -3.52. The zero-order valence-electron chi connectivity index (χ0n) is 19.2. The normalized spacial score (nSPS) is 17.2. The van der Waals surface area contributed by atoms with E-state index in [1.807, 2.05) is 10.6 Å². The third kappa shape index (κ3) is 3.51. The number of rotatable bonds is 3. The van der Waals surface area contributed by atoms with Crippen LogP contribution in [0.5, 0.6) is 0 Å². The summed E-state index contributed by atoms with van der Waals surface area (Å²) in [5, 5.41) is 2.32. The smallest absolute Gasteiger partial charge is 0.279 e. The first kappa shape index (κ1) is 20.1. The van der Waals surface area contributed by atoms with Gasteiger partial charge in [0.1, 0.15) is 6.20 Å². The molecule has 0 N–H and O–H groups in total. The first-order valence-electron chi connectivity index (χ1n) is 12.1. The largest absolute Gasteiger partial charge is 0.286 e. The van der Waals surface area contributed by atoms with Crippen molar-refractivity contribution in [1.29, 1.82) is 0 Å². The highest BCUT2D eigenvalue weighted by Gasteiger charge is 2.28. The number of nitrogens with zero attached hydrogens (tertiary/aromatic N) is 1. The summed E-state index contributed by atoms with van der Waals surface area (Å²) in [6.45, 7) is 6.49. The fraction of sp³-hybridized carbons (Fsp3) is 0.226. The predicted octanol–water partition coefficient (Wildman–Crippen LogP) is 8.19. The van der Waals surface area contributed by atoms with Crippen LogP contribution in [0.25, 0.3) is 33.1 Å². The first-order valence-corrected chi connectivity index (χ1v) is 12.1. The van der Waals surface area contributed by atoms with Gasteiger partial charge in [-0.2, -0.15) is 0 Å². The Bertz CT molecular complexity index is 1410. The summed E-state index contributed by atoms with van der Waals surface area (Å²) in [6.07, 6.45) is 13.3. The van der Waals surface area contributed by atoms with Crippen LogP contribution in [0.3, 0.4) is 0 Å². The van der Waals surface area contributed by atoms with Crippen LogP contribution in [0.2, 0.25) is 0 Å². The Kier molecular flexibility index (Phi) is 4.95. The maximum absolute atomic E-state index is 6.58. The van der Waals surface area contributed by atoms with E-state index in [1.165, 1.54) is 54.4 Å². The van der Waals surface area contributed by atoms with Gasteiger partial charge in [-0.05, 0) is 28.8 Å². The summed E-state index contributed by atoms with van der Waals surface area (Å²) in [5.74, 6) is 0.655. The molecule has 0 bridgehead atoms. The van der Waals surface area contributed by atoms with Crippen molar-refractivity contribution < 1.29 is 8.99 Å². The van der Waals surface area contributed by atoms with Crippen molar-refractivity contribution in [1.82, 2.24) is 0 Å². The minimum Gasteiger partial charge on any atom is -0.286 e. The Morgan fingerprint density at radius 1 is 0.939 bits per heavy atom. The van der Waals surface area contributed by atoms with Crippen LogP contribution in [0.1, 0.15) is 43.2 Å². The quantitative estimate of drug-likeness (QED) is 0.181. The van der Waals surface area contributed by atoms with E-state index in [0.29, 0.717) is 5.92 Å². The molecule has 6 rings (SSSR count). The van der Waals surface area contributed by atoms with E-state index >= 15 is 0 Å². The Balaban J connectivity index is 1.49. The Labute approximate surface area is 195 Å². The fourth-order valence-electron chi connectivity index (χ4n) is 5.52. The highest BCUT2D eigenvalue weighted by atomic mass is 16.3. The lowest BCUT2D eigenvalue weighted by Crippen LogP contribution is -2.19. The van der Waals surface area contributed by atoms with Crippen molar-refractivity contribution in [2.24, 2.45) is 5.92 Å². The molecule has 1 aromatic heterocycles. The average Bonchev–Trinajstić information content (AvgIpc) is 3.23. The molecule has 1 aliphatic carbocycles. The van der Waals surface area contributed by atoms with Crippen molar-refractivity contribution in [3.63, 3.8) is 0 Å². The van der Waals surface area contributed by atoms with Gasteiger partial charge in [0, 0.05) is 0 Å². The van der Waals surface area contributed by atoms with Crippen LogP contribution in [0.4, 0.5) is 0 Å². The van der Waals surface area contributed by atoms with E-state index < -0.39 is 0 Å². The summed E-state index contributed by atoms with van der Waals surface area (Å²) < 4.78 is 8.58. The molecule has 0 radical (unpaired) electrons. The van der Waals surface area contributed by atoms with Gasteiger partial charge in [0.2, 0.25) is 0 Å². The van der Waals surface area contributed by atoms with Crippen molar-refractivity contribution in [3.8, 4) is 11.1 Å². The second kappa shape index (κ2) is 8.12. The number of allylic oxidation sites excluding steroid dienone is 2. The molecule has 0 atom stereocenters. The van der Waals surface area contributed by atoms with Gasteiger partial charge in [-0.1, -0.05) is 110 Å². The topological polar surface area (TPSA) is 14.3 Å². The van der Waals surface area contributed by atoms with Crippen molar-refractivity contribution in [3.05, 3.63) is 102 Å². The summed E-state index contributed by atoms with van der Waals surface area (Å²) in [5.41, 5.74) is 8.05. The second-order valence-electron chi connectivity index (χ2n) is 9.46. The van der Waals surface area contributed by atoms with E-state index in [4.69, 9.17) is 4.42 Å². The van der Waals surface area contributed by atoms with Crippen LogP contribution in [-0.4, -0.2) is 11.3 Å². The zero-order chi connectivity index (χ0) is 22.4. The molecule has 0 unspecified atom stereocenters. The maximum atomic E-state index is 6.58. The molecule has 2 heterocycles. The highest BCUT2D eigenvalue weighted by molar-refractivity contribution is 6.07. The highest BCUT2D eigenvalue weighted by Crippen LogP contribution is 2.40. The third-order valence-electron chi connectivity index (χ3n) is 7.35. The number of fused-ring (bicyclic) bond motifs is 3. The molecular formula is C31H29NO. The average molecular weight is 432 g/mol. The Morgan fingerprint density at radius 3 is 2.58 bits per heavy atom. The predicted molar refractivity (Wildman–Crippen MR) is 137 cm³/mol. The lowest BCUT2D eigenvalue weighted by Gasteiger charge is -2.28. The van der Waals surface area contributed by atoms with E-state index in [2.05, 4.69) is 86.6 Å². The molecule has 0 amide bonds. The van der Waals surface area contributed by atoms with Gasteiger partial charge in [0.15, 0.2) is 6.04 Å². The van der Waals surface area contributed by atoms with Crippen LogP contribution >= 0.6 is 0 Å². The molecule has 4 aromatic rings. The monoisotopic (exact) mass is 431 g/mol. The van der Waals surface area contributed by atoms with Crippen molar-refractivity contribution in [2.75, 3.05) is 0 Å². The van der Waals surface area contributed by atoms with E-state index in [0.717, 1.165) is 33.5 Å². The van der Waals surface area contributed by atoms with E-state index in [-0.39, 0.29) is 0 Å². The number of benzene rings is 3. The molecule has 2 heteroatoms. The molecule has 1 saturated carbocycles. The lowest BCUT2D eigenvalue weighted by atomic mass is 9.81. The lowest BCUT2D eigenvalue weighted by molar-refractivity contribution is -0.418. The molecule has 3 aromatic carbocycles. The van der Waals surface area contributed by atoms with E-state index in [9.17, 15) is 0 Å². The molecule has 0 spiro atoms. The second-order valence-corrected chi connectivity index (χ2v) is 9.46. The molecule has 1 aliphatic heterocycles. The van der Waals surface area contributed by atoms with Crippen LogP contribution in [0.15, 0.2) is 89.0 Å². The van der Waals surface area contributed by atoms with Gasteiger partial charge in [-0.15, -0.1) is 12.1 Å². The molecule has 1 fully saturated rings. The molecular weight excluding hydrogens is 402 g/mol. The molecule has 33 heavy (non-hydrogen) atoms. The number of aryl methyl sites for hydroxylation is 1. The van der Waals surface area contributed by atoms with Gasteiger partial charge in [-0.3, -0.25) is 8.99 Å². The van der Waals surface area contributed by atoms with Crippen molar-refractivity contribution in [2.45, 2.75) is 39.0 Å². The number of hydrogen-bond acceptors (Lipinski definition) is 0. The Morgan fingerprint density at radius 2 is 1.76 bits per heavy atom. The fourth-order valence-corrected chi connectivity index (χ4v) is 5.52. The molecule has 0 saturated heterocycles. The van der Waals surface area contributed by atoms with E-state index in [1.54, 1.807) is 0 Å². The van der Waals surface area contributed by atoms with Crippen molar-refractivity contribution >= 4 is 28.7 Å². The van der Waals surface area contributed by atoms with Gasteiger partial charge in [0.25, 0.3) is 11.2 Å². The van der Waals surface area contributed by atoms with Gasteiger partial charge >= 0.3 is 0 Å². The minimum atomic E-state index is 0.655. The maximum Gasteiger partial charge on any atom is 0.279 e. The number of furan rings is 1. The van der Waals surface area contributed by atoms with Gasteiger partial charge in [-0.25, -0.2) is 0 Å². The zero-order valence-corrected chi connectivity index (χ0v) is 19.2. The molecule has 164 valence electrons. The summed E-state index contributed by atoms with van der Waals surface area (Å²) >= 11 is 0. The minimum absolute atomic E-state index is 0.655. The summed E-state index contributed by atoms with van der Waals surface area (Å²) in [7, 11) is 0. The van der Waals surface area contributed by atoms with Crippen LogP contribution in [-0.2, 0) is 0 Å². The van der Waals surface area contributed by atoms with Crippen LogP contribution in [0, 0.1) is 18.9 Å². The van der Waals surface area contributed by atoms with Gasteiger partial charge < -0.3 is 0 Å². The molecule has 2 aliphatic rings. The SMILES string of the molecule is C=[N+]1C=CC(C2CCCCC2)=C[C-]1c1c(C)ccc2c1[o+][c-]1cc(-c3ccccc3)ccc21. The van der Waals surface area contributed by atoms with Gasteiger partial charge in [0.05, 0.1) is 12.3 Å². The summed E-state index contributed by atoms with van der Waals surface area (Å²) in [4.78, 5) is 0. The first-order chi connectivity index (χ1) is 16.2. The molecule has 2 nitrogen and oxygen atoms in total. The third-order valence-corrected chi connectivity index (χ3v) is 7.35.